The molecule has 1 aromatic rings. The fraction of sp³-hybridized carbons (Fsp3) is 0.385. The lowest BCUT2D eigenvalue weighted by molar-refractivity contribution is -0.149. The van der Waals surface area contributed by atoms with Crippen LogP contribution in [0.5, 0.6) is 0 Å². The molecule has 0 atom stereocenters. The number of nitriles is 1. The van der Waals surface area contributed by atoms with Crippen LogP contribution in [0.4, 0.5) is 4.39 Å². The van der Waals surface area contributed by atoms with E-state index in [-0.39, 0.29) is 24.9 Å². The zero-order valence-electron chi connectivity index (χ0n) is 9.78. The molecule has 2 rings (SSSR count). The lowest BCUT2D eigenvalue weighted by Gasteiger charge is -2.33. The van der Waals surface area contributed by atoms with Crippen LogP contribution in [0.3, 0.4) is 0 Å². The van der Waals surface area contributed by atoms with Gasteiger partial charge in [0, 0.05) is 6.54 Å². The van der Waals surface area contributed by atoms with Crippen molar-refractivity contribution in [3.8, 4) is 6.07 Å². The van der Waals surface area contributed by atoms with E-state index in [0.29, 0.717) is 13.0 Å². The molecule has 0 aromatic heterocycles. The van der Waals surface area contributed by atoms with E-state index in [1.54, 1.807) is 12.1 Å². The van der Waals surface area contributed by atoms with Gasteiger partial charge in [0.1, 0.15) is 5.82 Å². The normalized spacial score (nSPS) is 16.4. The van der Waals surface area contributed by atoms with E-state index in [1.165, 1.54) is 12.1 Å². The molecule has 1 N–H and O–H groups in total. The highest BCUT2D eigenvalue weighted by molar-refractivity contribution is 5.86. The molecule has 1 aromatic carbocycles. The molecule has 4 nitrogen and oxygen atoms in total. The average Bonchev–Trinajstić information content (AvgIpc) is 2.31. The molecule has 94 valence electrons. The lowest BCUT2D eigenvalue weighted by Crippen LogP contribution is -2.53. The predicted molar refractivity (Wildman–Crippen MR) is 62.0 cm³/mol. The summed E-state index contributed by atoms with van der Waals surface area (Å²) in [4.78, 5) is 11.7. The second-order valence-electron chi connectivity index (χ2n) is 4.32. The van der Waals surface area contributed by atoms with Gasteiger partial charge >= 0.3 is 0 Å². The van der Waals surface area contributed by atoms with Crippen LogP contribution in [-0.4, -0.2) is 25.7 Å². The van der Waals surface area contributed by atoms with Crippen LogP contribution in [0.15, 0.2) is 24.3 Å². The van der Waals surface area contributed by atoms with Crippen LogP contribution in [-0.2, 0) is 16.0 Å². The van der Waals surface area contributed by atoms with Gasteiger partial charge in [-0.2, -0.15) is 5.26 Å². The van der Waals surface area contributed by atoms with Crippen molar-refractivity contribution in [3.63, 3.8) is 0 Å². The highest BCUT2D eigenvalue weighted by Gasteiger charge is 2.46. The highest BCUT2D eigenvalue weighted by Crippen LogP contribution is 2.26. The molecule has 0 spiro atoms. The number of amides is 1. The number of hydrogen-bond acceptors (Lipinski definition) is 3. The summed E-state index contributed by atoms with van der Waals surface area (Å²) in [6, 6.07) is 8.10. The molecular weight excluding hydrogens is 235 g/mol. The molecule has 1 aliphatic rings. The van der Waals surface area contributed by atoms with Gasteiger partial charge in [0.25, 0.3) is 0 Å². The van der Waals surface area contributed by atoms with Gasteiger partial charge in [-0.3, -0.25) is 4.79 Å². The van der Waals surface area contributed by atoms with Gasteiger partial charge in [-0.1, -0.05) is 12.1 Å². The van der Waals surface area contributed by atoms with E-state index < -0.39 is 5.41 Å². The number of nitrogens with one attached hydrogen (secondary N) is 1. The smallest absolute Gasteiger partial charge is 0.245 e. The molecule has 18 heavy (non-hydrogen) atoms. The summed E-state index contributed by atoms with van der Waals surface area (Å²) >= 11 is 0. The topological polar surface area (TPSA) is 62.1 Å². The fourth-order valence-electron chi connectivity index (χ4n) is 1.69. The summed E-state index contributed by atoms with van der Waals surface area (Å²) in [5, 5.41) is 11.6. The summed E-state index contributed by atoms with van der Waals surface area (Å²) in [5.41, 5.74) is -0.0736. The van der Waals surface area contributed by atoms with Crippen molar-refractivity contribution in [1.29, 1.82) is 5.26 Å². The van der Waals surface area contributed by atoms with Crippen LogP contribution in [0.2, 0.25) is 0 Å². The lowest BCUT2D eigenvalue weighted by atomic mass is 9.87. The minimum Gasteiger partial charge on any atom is -0.377 e. The number of nitrogens with zero attached hydrogens (tertiary/aromatic N) is 1. The molecule has 5 heteroatoms. The Morgan fingerprint density at radius 3 is 2.61 bits per heavy atom. The maximum Gasteiger partial charge on any atom is 0.245 e. The number of hydrogen-bond donors (Lipinski definition) is 1. The van der Waals surface area contributed by atoms with E-state index >= 15 is 0 Å². The first kappa shape index (κ1) is 12.5. The molecule has 1 aliphatic heterocycles. The molecule has 0 unspecified atom stereocenters. The van der Waals surface area contributed by atoms with Gasteiger partial charge in [0.05, 0.1) is 19.3 Å². The Morgan fingerprint density at radius 1 is 1.44 bits per heavy atom. The van der Waals surface area contributed by atoms with Crippen LogP contribution < -0.4 is 5.32 Å². The van der Waals surface area contributed by atoms with Crippen molar-refractivity contribution in [2.45, 2.75) is 6.42 Å². The van der Waals surface area contributed by atoms with Crippen molar-refractivity contribution in [1.82, 2.24) is 5.32 Å². The molecule has 1 saturated heterocycles. The zero-order chi connectivity index (χ0) is 13.0. The van der Waals surface area contributed by atoms with Crippen LogP contribution in [0, 0.1) is 22.6 Å². The van der Waals surface area contributed by atoms with Gasteiger partial charge in [-0.25, -0.2) is 4.39 Å². The standard InChI is InChI=1S/C13H13FN2O2/c14-11-3-1-10(2-4-11)5-6-16-12(17)13(7-15)8-18-9-13/h1-4H,5-6,8-9H2,(H,16,17). The van der Waals surface area contributed by atoms with Gasteiger partial charge in [-0.05, 0) is 24.1 Å². The first-order chi connectivity index (χ1) is 8.66. The zero-order valence-corrected chi connectivity index (χ0v) is 9.78. The third-order valence-corrected chi connectivity index (χ3v) is 2.96. The number of carbonyl (C=O) groups excluding carboxylic acids is 1. The van der Waals surface area contributed by atoms with E-state index in [1.807, 2.05) is 6.07 Å². The van der Waals surface area contributed by atoms with Crippen molar-refractivity contribution in [3.05, 3.63) is 35.6 Å². The van der Waals surface area contributed by atoms with Gasteiger partial charge < -0.3 is 10.1 Å². The molecule has 0 saturated carbocycles. The second-order valence-corrected chi connectivity index (χ2v) is 4.32. The van der Waals surface area contributed by atoms with Crippen molar-refractivity contribution < 1.29 is 13.9 Å². The first-order valence-electron chi connectivity index (χ1n) is 5.68. The third-order valence-electron chi connectivity index (χ3n) is 2.96. The van der Waals surface area contributed by atoms with Gasteiger partial charge in [0.15, 0.2) is 5.41 Å². The first-order valence-corrected chi connectivity index (χ1v) is 5.68. The van der Waals surface area contributed by atoms with Crippen LogP contribution >= 0.6 is 0 Å². The largest absolute Gasteiger partial charge is 0.377 e. The summed E-state index contributed by atoms with van der Waals surface area (Å²) in [7, 11) is 0. The maximum atomic E-state index is 12.7. The third kappa shape index (κ3) is 2.49. The SMILES string of the molecule is N#CC1(C(=O)NCCc2ccc(F)cc2)COC1. The predicted octanol–water partition coefficient (Wildman–Crippen LogP) is 1.02. The van der Waals surface area contributed by atoms with Gasteiger partial charge in [-0.15, -0.1) is 0 Å². The Hall–Kier alpha value is -1.93. The molecule has 0 radical (unpaired) electrons. The summed E-state index contributed by atoms with van der Waals surface area (Å²) in [5.74, 6) is -0.573. The molecule has 1 amide bonds. The molecular formula is C13H13FN2O2. The van der Waals surface area contributed by atoms with E-state index in [0.717, 1.165) is 5.56 Å². The summed E-state index contributed by atoms with van der Waals surface area (Å²) in [6.07, 6.45) is 0.606. The Kier molecular flexibility index (Phi) is 3.58. The highest BCUT2D eigenvalue weighted by atomic mass is 19.1. The Morgan fingerprint density at radius 2 is 2.11 bits per heavy atom. The average molecular weight is 248 g/mol. The van der Waals surface area contributed by atoms with E-state index in [2.05, 4.69) is 5.32 Å². The van der Waals surface area contributed by atoms with Crippen LogP contribution in [0.25, 0.3) is 0 Å². The number of ether oxygens (including phenoxy) is 1. The molecule has 0 bridgehead atoms. The van der Waals surface area contributed by atoms with Gasteiger partial charge in [0.2, 0.25) is 5.91 Å². The van der Waals surface area contributed by atoms with Crippen LogP contribution in [0.1, 0.15) is 5.56 Å². The Bertz CT molecular complexity index is 475. The quantitative estimate of drug-likeness (QED) is 0.865. The molecule has 1 fully saturated rings. The fourth-order valence-corrected chi connectivity index (χ4v) is 1.69. The Labute approximate surface area is 104 Å². The Balaban J connectivity index is 1.80. The second kappa shape index (κ2) is 5.15. The number of rotatable bonds is 4. The van der Waals surface area contributed by atoms with Crippen molar-refractivity contribution in [2.75, 3.05) is 19.8 Å². The maximum absolute atomic E-state index is 12.7. The summed E-state index contributed by atoms with van der Waals surface area (Å²) < 4.78 is 17.6. The number of carbonyl (C=O) groups is 1. The monoisotopic (exact) mass is 248 g/mol. The number of halogens is 1. The van der Waals surface area contributed by atoms with E-state index in [4.69, 9.17) is 10.00 Å². The van der Waals surface area contributed by atoms with E-state index in [9.17, 15) is 9.18 Å². The minimum atomic E-state index is -1.01. The summed E-state index contributed by atoms with van der Waals surface area (Å²) in [6.45, 7) is 0.742. The minimum absolute atomic E-state index is 0.159. The van der Waals surface area contributed by atoms with Crippen molar-refractivity contribution >= 4 is 5.91 Å². The molecule has 1 heterocycles. The van der Waals surface area contributed by atoms with Crippen molar-refractivity contribution in [2.24, 2.45) is 5.41 Å². The molecule has 0 aliphatic carbocycles. The number of benzene rings is 1.